The number of likely N-dealkylation sites (tertiary alicyclic amines) is 1. The van der Waals surface area contributed by atoms with E-state index in [9.17, 15) is 4.79 Å². The summed E-state index contributed by atoms with van der Waals surface area (Å²) in [6.45, 7) is 4.25. The van der Waals surface area contributed by atoms with Crippen molar-refractivity contribution < 1.29 is 9.53 Å². The maximum absolute atomic E-state index is 12.5. The van der Waals surface area contributed by atoms with E-state index in [2.05, 4.69) is 39.1 Å². The number of nitrogens with zero attached hydrogens (tertiary/aromatic N) is 3. The number of nitrogens with two attached hydrogens (primary N) is 1. The molecule has 0 radical (unpaired) electrons. The fourth-order valence-electron chi connectivity index (χ4n) is 4.51. The number of carbonyl (C=O) groups excluding carboxylic acids is 1. The largest absolute Gasteiger partial charge is 0.496 e. The molecule has 1 aliphatic rings. The normalized spacial score (nSPS) is 18.6. The van der Waals surface area contributed by atoms with Crippen molar-refractivity contribution in [1.82, 2.24) is 14.9 Å². The number of primary amides is 1. The van der Waals surface area contributed by atoms with Crippen LogP contribution in [0.5, 0.6) is 5.75 Å². The SMILES string of the molecule is CCc1ncc(CN2CCC(Cc3ccc(-c4ccccc4OC)cc3)(C(N)=O)C2)cn1. The highest BCUT2D eigenvalue weighted by Crippen LogP contribution is 2.36. The predicted octanol–water partition coefficient (Wildman–Crippen LogP) is 3.63. The maximum atomic E-state index is 12.5. The molecular weight excluding hydrogens is 400 g/mol. The number of hydrogen-bond acceptors (Lipinski definition) is 5. The molecule has 32 heavy (non-hydrogen) atoms. The van der Waals surface area contributed by atoms with Crippen LogP contribution in [0.1, 0.15) is 30.3 Å². The first-order valence-corrected chi connectivity index (χ1v) is 11.1. The molecule has 0 saturated carbocycles. The van der Waals surface area contributed by atoms with Crippen LogP contribution in [0.3, 0.4) is 0 Å². The van der Waals surface area contributed by atoms with Crippen molar-refractivity contribution in [2.24, 2.45) is 11.1 Å². The molecule has 1 saturated heterocycles. The summed E-state index contributed by atoms with van der Waals surface area (Å²) in [6.07, 6.45) is 5.98. The van der Waals surface area contributed by atoms with Gasteiger partial charge in [-0.25, -0.2) is 9.97 Å². The van der Waals surface area contributed by atoms with Crippen LogP contribution in [0.2, 0.25) is 0 Å². The first kappa shape index (κ1) is 22.0. The Balaban J connectivity index is 1.47. The van der Waals surface area contributed by atoms with Crippen molar-refractivity contribution in [3.63, 3.8) is 0 Å². The van der Waals surface area contributed by atoms with E-state index in [0.29, 0.717) is 13.0 Å². The van der Waals surface area contributed by atoms with Crippen LogP contribution in [-0.4, -0.2) is 41.0 Å². The molecule has 1 fully saturated rings. The molecule has 3 aromatic rings. The van der Waals surface area contributed by atoms with Crippen molar-refractivity contribution >= 4 is 5.91 Å². The summed E-state index contributed by atoms with van der Waals surface area (Å²) in [5.41, 5.74) is 9.67. The summed E-state index contributed by atoms with van der Waals surface area (Å²) < 4.78 is 5.48. The minimum Gasteiger partial charge on any atom is -0.496 e. The first-order valence-electron chi connectivity index (χ1n) is 11.1. The Morgan fingerprint density at radius 1 is 1.09 bits per heavy atom. The van der Waals surface area contributed by atoms with Crippen molar-refractivity contribution in [3.05, 3.63) is 77.9 Å². The summed E-state index contributed by atoms with van der Waals surface area (Å²) in [5, 5.41) is 0. The van der Waals surface area contributed by atoms with Gasteiger partial charge in [0, 0.05) is 43.0 Å². The lowest BCUT2D eigenvalue weighted by Crippen LogP contribution is -2.41. The number of amides is 1. The summed E-state index contributed by atoms with van der Waals surface area (Å²) in [7, 11) is 1.68. The van der Waals surface area contributed by atoms with Gasteiger partial charge in [-0.15, -0.1) is 0 Å². The van der Waals surface area contributed by atoms with Crippen LogP contribution in [0.15, 0.2) is 60.9 Å². The summed E-state index contributed by atoms with van der Waals surface area (Å²) in [4.78, 5) is 23.6. The van der Waals surface area contributed by atoms with Gasteiger partial charge < -0.3 is 10.5 Å². The third-order valence-electron chi connectivity index (χ3n) is 6.35. The van der Waals surface area contributed by atoms with Gasteiger partial charge in [-0.3, -0.25) is 9.69 Å². The van der Waals surface area contributed by atoms with Crippen molar-refractivity contribution in [2.75, 3.05) is 20.2 Å². The van der Waals surface area contributed by atoms with E-state index in [-0.39, 0.29) is 5.91 Å². The minimum atomic E-state index is -0.559. The summed E-state index contributed by atoms with van der Waals surface area (Å²) in [5.74, 6) is 1.46. The lowest BCUT2D eigenvalue weighted by molar-refractivity contribution is -0.127. The number of aryl methyl sites for hydroxylation is 1. The van der Waals surface area contributed by atoms with Gasteiger partial charge in [-0.2, -0.15) is 0 Å². The molecule has 1 amide bonds. The van der Waals surface area contributed by atoms with Crippen LogP contribution in [0.4, 0.5) is 0 Å². The molecule has 2 N–H and O–H groups in total. The molecule has 2 heterocycles. The minimum absolute atomic E-state index is 0.230. The zero-order valence-electron chi connectivity index (χ0n) is 18.8. The van der Waals surface area contributed by atoms with Crippen LogP contribution in [-0.2, 0) is 24.2 Å². The van der Waals surface area contributed by atoms with Crippen molar-refractivity contribution in [3.8, 4) is 16.9 Å². The zero-order valence-corrected chi connectivity index (χ0v) is 18.8. The van der Waals surface area contributed by atoms with Crippen LogP contribution in [0.25, 0.3) is 11.1 Å². The molecule has 1 aliphatic heterocycles. The Bertz CT molecular complexity index is 1070. The zero-order chi connectivity index (χ0) is 22.6. The van der Waals surface area contributed by atoms with Crippen LogP contribution >= 0.6 is 0 Å². The molecule has 1 unspecified atom stereocenters. The highest BCUT2D eigenvalue weighted by Gasteiger charge is 2.43. The second-order valence-electron chi connectivity index (χ2n) is 8.54. The smallest absolute Gasteiger partial charge is 0.225 e. The van der Waals surface area contributed by atoms with E-state index in [0.717, 1.165) is 59.8 Å². The average molecular weight is 431 g/mol. The predicted molar refractivity (Wildman–Crippen MR) is 125 cm³/mol. The van der Waals surface area contributed by atoms with Gasteiger partial charge in [-0.05, 0) is 36.6 Å². The number of aromatic nitrogens is 2. The summed E-state index contributed by atoms with van der Waals surface area (Å²) in [6, 6.07) is 16.3. The lowest BCUT2D eigenvalue weighted by atomic mass is 9.80. The Morgan fingerprint density at radius 2 is 1.81 bits per heavy atom. The Labute approximate surface area is 189 Å². The standard InChI is InChI=1S/C26H30N4O2/c1-3-24-28-15-20(16-29-24)17-30-13-12-26(18-30,25(27)31)14-19-8-10-21(11-9-19)22-6-4-5-7-23(22)32-2/h4-11,15-16H,3,12-14,17-18H2,1-2H3,(H2,27,31). The van der Waals surface area contributed by atoms with E-state index in [1.807, 2.05) is 43.6 Å². The second kappa shape index (κ2) is 9.49. The quantitative estimate of drug-likeness (QED) is 0.590. The number of hydrogen-bond donors (Lipinski definition) is 1. The fourth-order valence-corrected chi connectivity index (χ4v) is 4.51. The number of ether oxygens (including phenoxy) is 1. The summed E-state index contributed by atoms with van der Waals surface area (Å²) >= 11 is 0. The van der Waals surface area contributed by atoms with Gasteiger partial charge in [-0.1, -0.05) is 49.4 Å². The highest BCUT2D eigenvalue weighted by atomic mass is 16.5. The van der Waals surface area contributed by atoms with E-state index >= 15 is 0 Å². The Hall–Kier alpha value is -3.25. The Morgan fingerprint density at radius 3 is 2.47 bits per heavy atom. The lowest BCUT2D eigenvalue weighted by Gasteiger charge is -2.26. The van der Waals surface area contributed by atoms with E-state index in [1.54, 1.807) is 7.11 Å². The highest BCUT2D eigenvalue weighted by molar-refractivity contribution is 5.82. The van der Waals surface area contributed by atoms with E-state index in [1.165, 1.54) is 0 Å². The molecule has 4 rings (SSSR count). The first-order chi connectivity index (χ1) is 15.5. The molecule has 0 aliphatic carbocycles. The second-order valence-corrected chi connectivity index (χ2v) is 8.54. The average Bonchev–Trinajstić information content (AvgIpc) is 3.23. The van der Waals surface area contributed by atoms with Gasteiger partial charge in [0.05, 0.1) is 12.5 Å². The number of para-hydroxylation sites is 1. The number of carbonyl (C=O) groups is 1. The molecular formula is C26H30N4O2. The van der Waals surface area contributed by atoms with Gasteiger partial charge in [0.2, 0.25) is 5.91 Å². The van der Waals surface area contributed by atoms with Gasteiger partial charge in [0.25, 0.3) is 0 Å². The molecule has 6 nitrogen and oxygen atoms in total. The molecule has 0 spiro atoms. The number of rotatable bonds is 8. The van der Waals surface area contributed by atoms with Gasteiger partial charge in [0.15, 0.2) is 0 Å². The van der Waals surface area contributed by atoms with Crippen LogP contribution < -0.4 is 10.5 Å². The van der Waals surface area contributed by atoms with Crippen molar-refractivity contribution in [1.29, 1.82) is 0 Å². The molecule has 166 valence electrons. The van der Waals surface area contributed by atoms with E-state index < -0.39 is 5.41 Å². The molecule has 2 aromatic carbocycles. The fraction of sp³-hybridized carbons (Fsp3) is 0.346. The topological polar surface area (TPSA) is 81.3 Å². The number of methoxy groups -OCH3 is 1. The van der Waals surface area contributed by atoms with Crippen molar-refractivity contribution in [2.45, 2.75) is 32.7 Å². The number of benzene rings is 2. The van der Waals surface area contributed by atoms with Gasteiger partial charge >= 0.3 is 0 Å². The molecule has 6 heteroatoms. The van der Waals surface area contributed by atoms with Gasteiger partial charge in [0.1, 0.15) is 11.6 Å². The maximum Gasteiger partial charge on any atom is 0.225 e. The third-order valence-corrected chi connectivity index (χ3v) is 6.35. The van der Waals surface area contributed by atoms with Crippen LogP contribution in [0, 0.1) is 5.41 Å². The Kier molecular flexibility index (Phi) is 6.51. The third kappa shape index (κ3) is 4.65. The molecule has 1 aromatic heterocycles. The van der Waals surface area contributed by atoms with E-state index in [4.69, 9.17) is 10.5 Å². The molecule has 1 atom stereocenters. The monoisotopic (exact) mass is 430 g/mol. The molecule has 0 bridgehead atoms.